The number of hydrogen-bond acceptors (Lipinski definition) is 5. The van der Waals surface area contributed by atoms with Gasteiger partial charge < -0.3 is 4.57 Å². The fraction of sp³-hybridized carbons (Fsp3) is 0. The molecule has 50 heavy (non-hydrogen) atoms. The fourth-order valence-electron chi connectivity index (χ4n) is 6.95. The van der Waals surface area contributed by atoms with Gasteiger partial charge in [-0.1, -0.05) is 133 Å². The maximum absolute atomic E-state index is 5.17. The van der Waals surface area contributed by atoms with Crippen molar-refractivity contribution >= 4 is 54.1 Å². The lowest BCUT2D eigenvalue weighted by molar-refractivity contribution is 1.08. The van der Waals surface area contributed by atoms with Crippen molar-refractivity contribution in [3.8, 4) is 50.4 Å². The van der Waals surface area contributed by atoms with Crippen molar-refractivity contribution in [2.24, 2.45) is 0 Å². The van der Waals surface area contributed by atoms with Gasteiger partial charge in [-0.3, -0.25) is 0 Å². The third kappa shape index (κ3) is 4.69. The number of thiazole rings is 1. The van der Waals surface area contributed by atoms with E-state index in [1.165, 1.54) is 21.8 Å². The highest BCUT2D eigenvalue weighted by Gasteiger charge is 2.18. The van der Waals surface area contributed by atoms with Gasteiger partial charge in [0.15, 0.2) is 17.5 Å². The molecule has 0 aliphatic heterocycles. The van der Waals surface area contributed by atoms with Crippen LogP contribution < -0.4 is 0 Å². The predicted molar refractivity (Wildman–Crippen MR) is 207 cm³/mol. The molecule has 10 rings (SSSR count). The molecule has 0 atom stereocenters. The van der Waals surface area contributed by atoms with E-state index in [4.69, 9.17) is 19.9 Å². The summed E-state index contributed by atoms with van der Waals surface area (Å²) in [5, 5.41) is 5.67. The van der Waals surface area contributed by atoms with Crippen molar-refractivity contribution in [1.82, 2.24) is 24.5 Å². The average molecular weight is 658 g/mol. The lowest BCUT2D eigenvalue weighted by Crippen LogP contribution is -2.00. The Morgan fingerprint density at radius 1 is 0.400 bits per heavy atom. The maximum Gasteiger partial charge on any atom is 0.164 e. The van der Waals surface area contributed by atoms with Crippen LogP contribution in [0.15, 0.2) is 164 Å². The lowest BCUT2D eigenvalue weighted by atomic mass is 10.0. The summed E-state index contributed by atoms with van der Waals surface area (Å²) < 4.78 is 3.49. The van der Waals surface area contributed by atoms with Gasteiger partial charge in [-0.05, 0) is 35.7 Å². The minimum absolute atomic E-state index is 0.645. The van der Waals surface area contributed by atoms with Crippen LogP contribution in [-0.4, -0.2) is 24.5 Å². The van der Waals surface area contributed by atoms with E-state index in [1.807, 2.05) is 60.7 Å². The SMILES string of the molecule is c1ccc(-c2nc(-c3ccccc3)nc(-c3cccc4c3ccc3nc(-c5ccc6c7ccccc7n(-c7ccccc7)c6c5)sc34)n2)cc1. The molecule has 6 heteroatoms. The summed E-state index contributed by atoms with van der Waals surface area (Å²) in [6.45, 7) is 0. The van der Waals surface area contributed by atoms with E-state index >= 15 is 0 Å². The van der Waals surface area contributed by atoms with E-state index in [0.717, 1.165) is 53.9 Å². The second-order valence-electron chi connectivity index (χ2n) is 12.3. The normalized spacial score (nSPS) is 11.6. The summed E-state index contributed by atoms with van der Waals surface area (Å²) >= 11 is 1.73. The molecule has 234 valence electrons. The van der Waals surface area contributed by atoms with E-state index in [0.29, 0.717) is 17.5 Å². The molecule has 7 aromatic carbocycles. The van der Waals surface area contributed by atoms with E-state index in [-0.39, 0.29) is 0 Å². The highest BCUT2D eigenvalue weighted by Crippen LogP contribution is 2.40. The van der Waals surface area contributed by atoms with E-state index in [9.17, 15) is 0 Å². The third-order valence-corrected chi connectivity index (χ3v) is 10.4. The molecule has 0 fully saturated rings. The second-order valence-corrected chi connectivity index (χ2v) is 13.3. The van der Waals surface area contributed by atoms with Gasteiger partial charge in [-0.25, -0.2) is 19.9 Å². The molecular weight excluding hydrogens is 631 g/mol. The van der Waals surface area contributed by atoms with Crippen LogP contribution >= 0.6 is 11.3 Å². The minimum atomic E-state index is 0.645. The number of para-hydroxylation sites is 2. The molecule has 0 saturated carbocycles. The Kier molecular flexibility index (Phi) is 6.60. The number of hydrogen-bond donors (Lipinski definition) is 0. The molecule has 0 spiro atoms. The smallest absolute Gasteiger partial charge is 0.164 e. The Bertz CT molecular complexity index is 2800. The number of fused-ring (bicyclic) bond motifs is 6. The third-order valence-electron chi connectivity index (χ3n) is 9.29. The van der Waals surface area contributed by atoms with Crippen LogP contribution in [-0.2, 0) is 0 Å². The molecule has 3 heterocycles. The summed E-state index contributed by atoms with van der Waals surface area (Å²) in [6, 6.07) is 56.8. The number of benzene rings is 7. The van der Waals surface area contributed by atoms with Gasteiger partial charge in [0.25, 0.3) is 0 Å². The summed E-state index contributed by atoms with van der Waals surface area (Å²) in [5.41, 5.74) is 8.44. The first-order valence-electron chi connectivity index (χ1n) is 16.6. The molecule has 0 N–H and O–H groups in total. The van der Waals surface area contributed by atoms with Crippen molar-refractivity contribution in [3.63, 3.8) is 0 Å². The first-order valence-corrected chi connectivity index (χ1v) is 17.4. The van der Waals surface area contributed by atoms with Crippen LogP contribution in [0.5, 0.6) is 0 Å². The minimum Gasteiger partial charge on any atom is -0.309 e. The zero-order valence-electron chi connectivity index (χ0n) is 26.7. The molecule has 0 bridgehead atoms. The van der Waals surface area contributed by atoms with Crippen molar-refractivity contribution in [2.45, 2.75) is 0 Å². The maximum atomic E-state index is 5.17. The molecule has 5 nitrogen and oxygen atoms in total. The highest BCUT2D eigenvalue weighted by atomic mass is 32.1. The van der Waals surface area contributed by atoms with Gasteiger partial charge >= 0.3 is 0 Å². The zero-order valence-corrected chi connectivity index (χ0v) is 27.5. The molecule has 0 aliphatic rings. The molecular formula is C44H27N5S. The fourth-order valence-corrected chi connectivity index (χ4v) is 8.04. The van der Waals surface area contributed by atoms with Crippen molar-refractivity contribution in [2.75, 3.05) is 0 Å². The molecule has 0 aliphatic carbocycles. The topological polar surface area (TPSA) is 56.5 Å². The standard InChI is InChI=1S/C44H27N5S/c1-4-13-28(14-5-1)41-46-42(29-15-6-2-7-16-29)48-43(47-41)36-21-12-20-35-32(36)25-26-37-40(35)50-44(45-37)30-23-24-34-33-19-10-11-22-38(33)49(39(34)27-30)31-17-8-3-9-18-31/h1-27H. The Labute approximate surface area is 291 Å². The predicted octanol–water partition coefficient (Wildman–Crippen LogP) is 11.4. The van der Waals surface area contributed by atoms with Crippen LogP contribution in [0.25, 0.3) is 93.2 Å². The van der Waals surface area contributed by atoms with Crippen LogP contribution in [0.1, 0.15) is 0 Å². The second kappa shape index (κ2) is 11.6. The first kappa shape index (κ1) is 28.5. The Morgan fingerprint density at radius 2 is 1.00 bits per heavy atom. The van der Waals surface area contributed by atoms with Crippen LogP contribution in [0, 0.1) is 0 Å². The van der Waals surface area contributed by atoms with Crippen LogP contribution in [0.4, 0.5) is 0 Å². The van der Waals surface area contributed by atoms with Gasteiger partial charge in [-0.2, -0.15) is 0 Å². The van der Waals surface area contributed by atoms with E-state index in [1.54, 1.807) is 11.3 Å². The van der Waals surface area contributed by atoms with Gasteiger partial charge in [-0.15, -0.1) is 11.3 Å². The highest BCUT2D eigenvalue weighted by molar-refractivity contribution is 7.22. The van der Waals surface area contributed by atoms with Gasteiger partial charge in [0, 0.05) is 44.1 Å². The van der Waals surface area contributed by atoms with Gasteiger partial charge in [0.1, 0.15) is 5.01 Å². The van der Waals surface area contributed by atoms with E-state index < -0.39 is 0 Å². The van der Waals surface area contributed by atoms with Crippen molar-refractivity contribution in [1.29, 1.82) is 0 Å². The van der Waals surface area contributed by atoms with Crippen molar-refractivity contribution < 1.29 is 0 Å². The number of aromatic nitrogens is 5. The quantitative estimate of drug-likeness (QED) is 0.185. The van der Waals surface area contributed by atoms with Crippen molar-refractivity contribution in [3.05, 3.63) is 164 Å². The monoisotopic (exact) mass is 657 g/mol. The Hall–Kier alpha value is -6.50. The van der Waals surface area contributed by atoms with E-state index in [2.05, 4.69) is 108 Å². The first-order chi connectivity index (χ1) is 24.8. The molecule has 10 aromatic rings. The number of rotatable bonds is 5. The molecule has 0 amide bonds. The summed E-state index contributed by atoms with van der Waals surface area (Å²) in [6.07, 6.45) is 0. The molecule has 0 saturated heterocycles. The van der Waals surface area contributed by atoms with Crippen LogP contribution in [0.3, 0.4) is 0 Å². The summed E-state index contributed by atoms with van der Waals surface area (Å²) in [4.78, 5) is 20.1. The zero-order chi connectivity index (χ0) is 33.0. The Balaban J connectivity index is 1.13. The molecule has 3 aromatic heterocycles. The summed E-state index contributed by atoms with van der Waals surface area (Å²) in [7, 11) is 0. The average Bonchev–Trinajstić information content (AvgIpc) is 3.78. The van der Waals surface area contributed by atoms with Crippen LogP contribution in [0.2, 0.25) is 0 Å². The largest absolute Gasteiger partial charge is 0.309 e. The molecule has 0 unspecified atom stereocenters. The lowest BCUT2D eigenvalue weighted by Gasteiger charge is -2.10. The van der Waals surface area contributed by atoms with Gasteiger partial charge in [0.05, 0.1) is 21.3 Å². The molecule has 0 radical (unpaired) electrons. The number of nitrogens with zero attached hydrogens (tertiary/aromatic N) is 5. The van der Waals surface area contributed by atoms with Gasteiger partial charge in [0.2, 0.25) is 0 Å². The Morgan fingerprint density at radius 3 is 1.74 bits per heavy atom. The summed E-state index contributed by atoms with van der Waals surface area (Å²) in [5.74, 6) is 1.94.